The molecule has 2 aromatic carbocycles. The lowest BCUT2D eigenvalue weighted by Gasteiger charge is -2.28. The number of para-hydroxylation sites is 1. The molecule has 2 heterocycles. The van der Waals surface area contributed by atoms with Crippen molar-refractivity contribution in [2.24, 2.45) is 0 Å². The molecule has 0 atom stereocenters. The number of nitro groups is 1. The molecule has 2 amide bonds. The number of anilines is 1. The molecule has 0 spiro atoms. The second-order valence-corrected chi connectivity index (χ2v) is 7.23. The summed E-state index contributed by atoms with van der Waals surface area (Å²) in [5, 5.41) is 14.1. The number of amides is 2. The summed E-state index contributed by atoms with van der Waals surface area (Å²) in [7, 11) is 0. The Morgan fingerprint density at radius 1 is 1.06 bits per heavy atom. The number of rotatable bonds is 4. The first-order valence-electron chi connectivity index (χ1n) is 8.86. The van der Waals surface area contributed by atoms with E-state index in [1.54, 1.807) is 42.5 Å². The van der Waals surface area contributed by atoms with Gasteiger partial charge in [-0.25, -0.2) is 0 Å². The van der Waals surface area contributed by atoms with Crippen LogP contribution in [0.1, 0.15) is 5.76 Å². The van der Waals surface area contributed by atoms with E-state index >= 15 is 0 Å². The monoisotopic (exact) mass is 453 g/mol. The van der Waals surface area contributed by atoms with Crippen LogP contribution >= 0.6 is 23.8 Å². The summed E-state index contributed by atoms with van der Waals surface area (Å²) in [5.74, 6) is -0.910. The zero-order valence-electron chi connectivity index (χ0n) is 15.6. The van der Waals surface area contributed by atoms with Gasteiger partial charge in [-0.2, -0.15) is 0 Å². The molecule has 1 aromatic heterocycles. The van der Waals surface area contributed by atoms with Crippen LogP contribution in [0.2, 0.25) is 5.02 Å². The first-order chi connectivity index (χ1) is 14.8. The third-order valence-electron chi connectivity index (χ3n) is 4.47. The van der Waals surface area contributed by atoms with Crippen LogP contribution in [-0.2, 0) is 9.59 Å². The maximum absolute atomic E-state index is 13.0. The van der Waals surface area contributed by atoms with Gasteiger partial charge >= 0.3 is 0 Å². The molecule has 154 valence electrons. The number of thiocarbonyl (C=S) groups is 1. The van der Waals surface area contributed by atoms with Crippen LogP contribution in [0.3, 0.4) is 0 Å². The summed E-state index contributed by atoms with van der Waals surface area (Å²) in [6, 6.07) is 15.5. The number of nitro benzene ring substituents is 1. The molecule has 0 saturated carbocycles. The van der Waals surface area contributed by atoms with Gasteiger partial charge in [0, 0.05) is 11.1 Å². The van der Waals surface area contributed by atoms with Gasteiger partial charge in [0.15, 0.2) is 5.11 Å². The molecule has 1 N–H and O–H groups in total. The average molecular weight is 454 g/mol. The van der Waals surface area contributed by atoms with Crippen LogP contribution in [0.15, 0.2) is 70.7 Å². The molecule has 1 saturated heterocycles. The van der Waals surface area contributed by atoms with Crippen molar-refractivity contribution in [3.8, 4) is 11.3 Å². The molecule has 10 heteroatoms. The van der Waals surface area contributed by atoms with Crippen molar-refractivity contribution in [3.63, 3.8) is 0 Å². The summed E-state index contributed by atoms with van der Waals surface area (Å²) < 4.78 is 5.66. The van der Waals surface area contributed by atoms with Gasteiger partial charge in [-0.1, -0.05) is 23.7 Å². The van der Waals surface area contributed by atoms with Gasteiger partial charge in [-0.3, -0.25) is 29.9 Å². The lowest BCUT2D eigenvalue weighted by molar-refractivity contribution is -0.384. The van der Waals surface area contributed by atoms with E-state index in [1.807, 2.05) is 0 Å². The predicted octanol–water partition coefficient (Wildman–Crippen LogP) is 4.34. The second kappa shape index (κ2) is 8.13. The topological polar surface area (TPSA) is 106 Å². The van der Waals surface area contributed by atoms with Crippen molar-refractivity contribution >= 4 is 58.2 Å². The maximum Gasteiger partial charge on any atom is 0.280 e. The zero-order chi connectivity index (χ0) is 22.1. The van der Waals surface area contributed by atoms with E-state index in [-0.39, 0.29) is 33.5 Å². The van der Waals surface area contributed by atoms with Gasteiger partial charge in [0.2, 0.25) is 0 Å². The number of carbonyl (C=O) groups excluding carboxylic acids is 2. The molecular weight excluding hydrogens is 442 g/mol. The molecule has 1 aliphatic rings. The molecule has 31 heavy (non-hydrogen) atoms. The van der Waals surface area contributed by atoms with Crippen molar-refractivity contribution in [1.29, 1.82) is 0 Å². The molecule has 0 bridgehead atoms. The Labute approximate surface area is 185 Å². The summed E-state index contributed by atoms with van der Waals surface area (Å²) >= 11 is 11.0. The lowest BCUT2D eigenvalue weighted by atomic mass is 10.1. The molecule has 3 aromatic rings. The molecule has 8 nitrogen and oxygen atoms in total. The number of benzene rings is 2. The van der Waals surface area contributed by atoms with Crippen LogP contribution in [0.5, 0.6) is 0 Å². The van der Waals surface area contributed by atoms with Crippen LogP contribution in [0.25, 0.3) is 17.4 Å². The van der Waals surface area contributed by atoms with Crippen molar-refractivity contribution in [2.75, 3.05) is 4.90 Å². The Morgan fingerprint density at radius 2 is 1.77 bits per heavy atom. The molecule has 0 aliphatic carbocycles. The van der Waals surface area contributed by atoms with Crippen molar-refractivity contribution in [1.82, 2.24) is 5.32 Å². The van der Waals surface area contributed by atoms with Crippen LogP contribution in [-0.4, -0.2) is 21.9 Å². The number of furan rings is 1. The lowest BCUT2D eigenvalue weighted by Crippen LogP contribution is -2.54. The molecule has 4 rings (SSSR count). The zero-order valence-corrected chi connectivity index (χ0v) is 17.1. The fourth-order valence-electron chi connectivity index (χ4n) is 3.04. The van der Waals surface area contributed by atoms with Gasteiger partial charge in [0.1, 0.15) is 17.1 Å². The smallest absolute Gasteiger partial charge is 0.280 e. The second-order valence-electron chi connectivity index (χ2n) is 6.41. The Hall–Kier alpha value is -3.82. The molecular formula is C21H12ClN3O5S. The normalized spacial score (nSPS) is 15.3. The van der Waals surface area contributed by atoms with Crippen LogP contribution in [0, 0.1) is 10.1 Å². The number of halogens is 1. The van der Waals surface area contributed by atoms with E-state index < -0.39 is 16.7 Å². The first-order valence-corrected chi connectivity index (χ1v) is 9.64. The number of nitrogens with one attached hydrogen (secondary N) is 1. The summed E-state index contributed by atoms with van der Waals surface area (Å²) in [5.41, 5.74) is 0.389. The molecule has 1 fully saturated rings. The SMILES string of the molecule is O=C1NC(=S)N(c2ccc(Cl)cc2)C(=O)/C1=C\c1ccc(-c2ccccc2[N+](=O)[O-])o1. The van der Waals surface area contributed by atoms with E-state index in [0.29, 0.717) is 10.7 Å². The fourth-order valence-corrected chi connectivity index (χ4v) is 3.45. The first kappa shape index (κ1) is 20.5. The highest BCUT2D eigenvalue weighted by Crippen LogP contribution is 2.32. The Balaban J connectivity index is 1.69. The molecule has 1 aliphatic heterocycles. The van der Waals surface area contributed by atoms with Gasteiger partial charge in [0.25, 0.3) is 17.5 Å². The fraction of sp³-hybridized carbons (Fsp3) is 0. The van der Waals surface area contributed by atoms with Gasteiger partial charge in [-0.05, 0) is 60.8 Å². The van der Waals surface area contributed by atoms with E-state index in [4.69, 9.17) is 28.2 Å². The van der Waals surface area contributed by atoms with E-state index in [9.17, 15) is 19.7 Å². The van der Waals surface area contributed by atoms with Gasteiger partial charge < -0.3 is 4.42 Å². The minimum atomic E-state index is -0.677. The van der Waals surface area contributed by atoms with Gasteiger partial charge in [0.05, 0.1) is 16.2 Å². The summed E-state index contributed by atoms with van der Waals surface area (Å²) in [6.07, 6.45) is 1.26. The highest BCUT2D eigenvalue weighted by atomic mass is 35.5. The van der Waals surface area contributed by atoms with Gasteiger partial charge in [-0.15, -0.1) is 0 Å². The van der Waals surface area contributed by atoms with Crippen molar-refractivity contribution < 1.29 is 18.9 Å². The maximum atomic E-state index is 13.0. The Kier molecular flexibility index (Phi) is 5.37. The van der Waals surface area contributed by atoms with E-state index in [2.05, 4.69) is 5.32 Å². The Bertz CT molecular complexity index is 1270. The number of hydrogen-bond acceptors (Lipinski definition) is 6. The number of hydrogen-bond donors (Lipinski definition) is 1. The van der Waals surface area contributed by atoms with Crippen molar-refractivity contribution in [2.45, 2.75) is 0 Å². The minimum Gasteiger partial charge on any atom is -0.456 e. The number of carbonyl (C=O) groups is 2. The highest BCUT2D eigenvalue weighted by Gasteiger charge is 2.34. The largest absolute Gasteiger partial charge is 0.456 e. The third kappa shape index (κ3) is 3.96. The van der Waals surface area contributed by atoms with Crippen molar-refractivity contribution in [3.05, 3.63) is 87.1 Å². The molecule has 0 unspecified atom stereocenters. The minimum absolute atomic E-state index is 0.0606. The number of nitrogens with zero attached hydrogens (tertiary/aromatic N) is 2. The highest BCUT2D eigenvalue weighted by molar-refractivity contribution is 7.80. The third-order valence-corrected chi connectivity index (χ3v) is 5.00. The quantitative estimate of drug-likeness (QED) is 0.207. The summed E-state index contributed by atoms with van der Waals surface area (Å²) in [4.78, 5) is 37.3. The molecule has 0 radical (unpaired) electrons. The summed E-state index contributed by atoms with van der Waals surface area (Å²) in [6.45, 7) is 0. The van der Waals surface area contributed by atoms with E-state index in [1.165, 1.54) is 29.2 Å². The Morgan fingerprint density at radius 3 is 2.48 bits per heavy atom. The van der Waals surface area contributed by atoms with E-state index in [0.717, 1.165) is 0 Å². The van der Waals surface area contributed by atoms with Crippen LogP contribution in [0.4, 0.5) is 11.4 Å². The predicted molar refractivity (Wildman–Crippen MR) is 118 cm³/mol. The standard InChI is InChI=1S/C21H12ClN3O5S/c22-12-5-7-13(8-6-12)24-20(27)16(19(26)23-21(24)31)11-14-9-10-18(30-14)15-3-1-2-4-17(15)25(28)29/h1-11H,(H,23,26,31)/b16-11-. The van der Waals surface area contributed by atoms with Crippen LogP contribution < -0.4 is 10.2 Å². The average Bonchev–Trinajstić information content (AvgIpc) is 3.21.